The molecule has 1 saturated carbocycles. The SMILES string of the molecule is Cc1cccc(N2CCC[C@H]3CCCC[C@H]32)c1N. The number of hydrogen-bond donors (Lipinski definition) is 1. The summed E-state index contributed by atoms with van der Waals surface area (Å²) in [4.78, 5) is 2.61. The first-order chi connectivity index (χ1) is 8.77. The third kappa shape index (κ3) is 1.98. The minimum atomic E-state index is 0.747. The highest BCUT2D eigenvalue weighted by molar-refractivity contribution is 5.71. The van der Waals surface area contributed by atoms with Gasteiger partial charge >= 0.3 is 0 Å². The van der Waals surface area contributed by atoms with E-state index in [4.69, 9.17) is 5.73 Å². The molecule has 98 valence electrons. The minimum absolute atomic E-state index is 0.747. The number of fused-ring (bicyclic) bond motifs is 1. The topological polar surface area (TPSA) is 29.3 Å². The van der Waals surface area contributed by atoms with Crippen LogP contribution in [0.1, 0.15) is 44.1 Å². The fourth-order valence-corrected chi connectivity index (χ4v) is 3.84. The number of para-hydroxylation sites is 1. The van der Waals surface area contributed by atoms with Gasteiger partial charge in [0.05, 0.1) is 11.4 Å². The van der Waals surface area contributed by atoms with Gasteiger partial charge in [0.2, 0.25) is 0 Å². The van der Waals surface area contributed by atoms with Gasteiger partial charge in [-0.1, -0.05) is 25.0 Å². The molecule has 1 aliphatic carbocycles. The summed E-state index contributed by atoms with van der Waals surface area (Å²) in [6.45, 7) is 3.30. The molecule has 2 N–H and O–H groups in total. The molecule has 18 heavy (non-hydrogen) atoms. The normalized spacial score (nSPS) is 27.9. The molecule has 2 fully saturated rings. The Balaban J connectivity index is 1.92. The van der Waals surface area contributed by atoms with E-state index in [0.717, 1.165) is 17.6 Å². The van der Waals surface area contributed by atoms with Gasteiger partial charge in [0.25, 0.3) is 0 Å². The van der Waals surface area contributed by atoms with Crippen molar-refractivity contribution >= 4 is 11.4 Å². The van der Waals surface area contributed by atoms with Gasteiger partial charge in [-0.2, -0.15) is 0 Å². The van der Waals surface area contributed by atoms with E-state index < -0.39 is 0 Å². The van der Waals surface area contributed by atoms with Crippen molar-refractivity contribution < 1.29 is 0 Å². The van der Waals surface area contributed by atoms with Crippen molar-refractivity contribution in [3.63, 3.8) is 0 Å². The Hall–Kier alpha value is -1.18. The highest BCUT2D eigenvalue weighted by Gasteiger charge is 2.33. The second-order valence-electron chi connectivity index (χ2n) is 5.96. The molecule has 3 rings (SSSR count). The number of piperidine rings is 1. The van der Waals surface area contributed by atoms with E-state index in [9.17, 15) is 0 Å². The van der Waals surface area contributed by atoms with Crippen LogP contribution in [0.15, 0.2) is 18.2 Å². The Labute approximate surface area is 110 Å². The molecule has 2 atom stereocenters. The molecule has 1 aliphatic heterocycles. The van der Waals surface area contributed by atoms with E-state index >= 15 is 0 Å². The monoisotopic (exact) mass is 244 g/mol. The summed E-state index contributed by atoms with van der Waals surface area (Å²) in [5.41, 5.74) is 9.78. The molecule has 2 heteroatoms. The second kappa shape index (κ2) is 4.83. The Kier molecular flexibility index (Phi) is 3.19. The predicted octanol–water partition coefficient (Wildman–Crippen LogP) is 3.74. The lowest BCUT2D eigenvalue weighted by Gasteiger charge is -2.46. The van der Waals surface area contributed by atoms with Crippen LogP contribution in [0.5, 0.6) is 0 Å². The predicted molar refractivity (Wildman–Crippen MR) is 77.9 cm³/mol. The molecule has 2 nitrogen and oxygen atoms in total. The van der Waals surface area contributed by atoms with Gasteiger partial charge in [0, 0.05) is 12.6 Å². The summed E-state index contributed by atoms with van der Waals surface area (Å²) >= 11 is 0. The van der Waals surface area contributed by atoms with Crippen molar-refractivity contribution in [2.24, 2.45) is 5.92 Å². The lowest BCUT2D eigenvalue weighted by atomic mass is 9.78. The number of nitrogen functional groups attached to an aromatic ring is 1. The van der Waals surface area contributed by atoms with Crippen LogP contribution in [0, 0.1) is 12.8 Å². The Bertz CT molecular complexity index is 425. The van der Waals surface area contributed by atoms with Crippen molar-refractivity contribution in [2.45, 2.75) is 51.5 Å². The molecule has 1 saturated heterocycles. The maximum absolute atomic E-state index is 6.29. The molecule has 0 aromatic heterocycles. The molecule has 1 aromatic carbocycles. The first-order valence-corrected chi connectivity index (χ1v) is 7.39. The van der Waals surface area contributed by atoms with Crippen LogP contribution in [-0.4, -0.2) is 12.6 Å². The van der Waals surface area contributed by atoms with Crippen LogP contribution in [0.3, 0.4) is 0 Å². The van der Waals surface area contributed by atoms with Crippen LogP contribution in [0.2, 0.25) is 0 Å². The van der Waals surface area contributed by atoms with Gasteiger partial charge in [-0.05, 0) is 50.2 Å². The number of aryl methyl sites for hydroxylation is 1. The molecule has 1 aromatic rings. The zero-order valence-corrected chi connectivity index (χ0v) is 11.4. The van der Waals surface area contributed by atoms with Gasteiger partial charge < -0.3 is 10.6 Å². The fourth-order valence-electron chi connectivity index (χ4n) is 3.84. The Morgan fingerprint density at radius 2 is 1.89 bits per heavy atom. The average molecular weight is 244 g/mol. The summed E-state index contributed by atoms with van der Waals surface area (Å²) < 4.78 is 0. The molecule has 0 bridgehead atoms. The van der Waals surface area contributed by atoms with Crippen molar-refractivity contribution in [3.8, 4) is 0 Å². The van der Waals surface area contributed by atoms with Gasteiger partial charge in [-0.25, -0.2) is 0 Å². The molecule has 0 amide bonds. The van der Waals surface area contributed by atoms with Crippen LogP contribution < -0.4 is 10.6 Å². The van der Waals surface area contributed by atoms with Gasteiger partial charge in [0.1, 0.15) is 0 Å². The third-order valence-electron chi connectivity index (χ3n) is 4.85. The number of rotatable bonds is 1. The first-order valence-electron chi connectivity index (χ1n) is 7.39. The van der Waals surface area contributed by atoms with Crippen LogP contribution in [-0.2, 0) is 0 Å². The molecular weight excluding hydrogens is 220 g/mol. The fraction of sp³-hybridized carbons (Fsp3) is 0.625. The van der Waals surface area contributed by atoms with E-state index in [0.29, 0.717) is 0 Å². The van der Waals surface area contributed by atoms with Gasteiger partial charge in [0.15, 0.2) is 0 Å². The molecule has 1 heterocycles. The minimum Gasteiger partial charge on any atom is -0.397 e. The van der Waals surface area contributed by atoms with Crippen LogP contribution in [0.4, 0.5) is 11.4 Å². The second-order valence-corrected chi connectivity index (χ2v) is 5.96. The smallest absolute Gasteiger partial charge is 0.0605 e. The third-order valence-corrected chi connectivity index (χ3v) is 4.85. The van der Waals surface area contributed by atoms with E-state index in [1.165, 1.54) is 56.3 Å². The average Bonchev–Trinajstić information content (AvgIpc) is 2.41. The molecule has 0 unspecified atom stereocenters. The largest absolute Gasteiger partial charge is 0.397 e. The van der Waals surface area contributed by atoms with Crippen molar-refractivity contribution in [1.29, 1.82) is 0 Å². The summed E-state index contributed by atoms with van der Waals surface area (Å²) in [5, 5.41) is 0. The summed E-state index contributed by atoms with van der Waals surface area (Å²) in [7, 11) is 0. The van der Waals surface area contributed by atoms with Crippen molar-refractivity contribution in [2.75, 3.05) is 17.2 Å². The highest BCUT2D eigenvalue weighted by Crippen LogP contribution is 2.39. The summed E-state index contributed by atoms with van der Waals surface area (Å²) in [5.74, 6) is 0.910. The first kappa shape index (κ1) is 11.9. The van der Waals surface area contributed by atoms with E-state index in [2.05, 4.69) is 30.0 Å². The molecule has 0 spiro atoms. The zero-order valence-electron chi connectivity index (χ0n) is 11.4. The Morgan fingerprint density at radius 1 is 1.11 bits per heavy atom. The maximum atomic E-state index is 6.29. The number of anilines is 2. The Morgan fingerprint density at radius 3 is 2.78 bits per heavy atom. The quantitative estimate of drug-likeness (QED) is 0.763. The van der Waals surface area contributed by atoms with E-state index in [-0.39, 0.29) is 0 Å². The molecule has 0 radical (unpaired) electrons. The van der Waals surface area contributed by atoms with Crippen LogP contribution >= 0.6 is 0 Å². The zero-order chi connectivity index (χ0) is 12.5. The van der Waals surface area contributed by atoms with E-state index in [1.54, 1.807) is 0 Å². The number of nitrogens with two attached hydrogens (primary N) is 1. The number of nitrogens with zero attached hydrogens (tertiary/aromatic N) is 1. The van der Waals surface area contributed by atoms with E-state index in [1.807, 2.05) is 0 Å². The maximum Gasteiger partial charge on any atom is 0.0605 e. The lowest BCUT2D eigenvalue weighted by Crippen LogP contribution is -2.47. The number of hydrogen-bond acceptors (Lipinski definition) is 2. The molecule has 2 aliphatic rings. The molecular formula is C16H24N2. The van der Waals surface area contributed by atoms with Gasteiger partial charge in [-0.3, -0.25) is 0 Å². The van der Waals surface area contributed by atoms with Crippen LogP contribution in [0.25, 0.3) is 0 Å². The highest BCUT2D eigenvalue weighted by atomic mass is 15.2. The number of benzene rings is 1. The van der Waals surface area contributed by atoms with Gasteiger partial charge in [-0.15, -0.1) is 0 Å². The summed E-state index contributed by atoms with van der Waals surface area (Å²) in [6, 6.07) is 7.21. The van der Waals surface area contributed by atoms with Crippen molar-refractivity contribution in [3.05, 3.63) is 23.8 Å². The van der Waals surface area contributed by atoms with Crippen molar-refractivity contribution in [1.82, 2.24) is 0 Å². The summed E-state index contributed by atoms with van der Waals surface area (Å²) in [6.07, 6.45) is 8.36. The lowest BCUT2D eigenvalue weighted by molar-refractivity contribution is 0.244. The standard InChI is InChI=1S/C16H24N2/c1-12-6-4-10-15(16(12)17)18-11-5-8-13-7-2-3-9-14(13)18/h4,6,10,13-14H,2-3,5,7-9,11,17H2,1H3/t13-,14-/m1/s1.